The van der Waals surface area contributed by atoms with E-state index >= 15 is 0 Å². The van der Waals surface area contributed by atoms with Gasteiger partial charge < -0.3 is 23.8 Å². The lowest BCUT2D eigenvalue weighted by Crippen LogP contribution is -2.25. The summed E-state index contributed by atoms with van der Waals surface area (Å²) in [5, 5.41) is 0. The average molecular weight is 808 g/mol. The third-order valence-electron chi connectivity index (χ3n) is 12.4. The topological polar surface area (TPSA) is 74.3 Å². The molecular weight excluding hydrogens is 711 g/mol. The van der Waals surface area contributed by atoms with Gasteiger partial charge in [0.15, 0.2) is 0 Å². The molecule has 0 radical (unpaired) electrons. The minimum atomic E-state index is -0.0105. The minimum Gasteiger partial charge on any atom is -0.466 e. The average Bonchev–Trinajstić information content (AvgIpc) is 3.73. The predicted molar refractivity (Wildman–Crippen MR) is 241 cm³/mol. The molecule has 0 aromatic carbocycles. The number of carbonyl (C=O) groups excluding carboxylic acids is 2. The number of hydrogen-bond donors (Lipinski definition) is 0. The normalized spacial score (nSPS) is 13.5. The van der Waals surface area contributed by atoms with E-state index in [2.05, 4.69) is 32.6 Å². The highest BCUT2D eigenvalue weighted by Crippen LogP contribution is 2.23. The lowest BCUT2D eigenvalue weighted by Gasteiger charge is -2.19. The molecule has 0 bridgehead atoms. The Morgan fingerprint density at radius 2 is 0.842 bits per heavy atom. The van der Waals surface area contributed by atoms with Gasteiger partial charge in [0, 0.05) is 19.4 Å². The van der Waals surface area contributed by atoms with E-state index in [-0.39, 0.29) is 18.0 Å². The summed E-state index contributed by atoms with van der Waals surface area (Å²) in [5.41, 5.74) is 0. The Morgan fingerprint density at radius 3 is 1.26 bits per heavy atom. The van der Waals surface area contributed by atoms with Gasteiger partial charge in [0.1, 0.15) is 6.79 Å². The SMILES string of the molecule is CCCCCC(CCCCC)CCOC(=O)CCCCCCCC(CCCCCCCC(=O)OCCC(CCCCC)CCCCC)OCOCCN1CCCC1. The van der Waals surface area contributed by atoms with Crippen LogP contribution in [0.4, 0.5) is 0 Å². The van der Waals surface area contributed by atoms with Crippen molar-refractivity contribution in [3.8, 4) is 0 Å². The van der Waals surface area contributed by atoms with Gasteiger partial charge in [0.05, 0.1) is 25.9 Å². The summed E-state index contributed by atoms with van der Waals surface area (Å²) in [4.78, 5) is 27.3. The van der Waals surface area contributed by atoms with E-state index in [0.29, 0.717) is 44.7 Å². The second-order valence-electron chi connectivity index (χ2n) is 17.7. The molecule has 7 heteroatoms. The number of unbranched alkanes of at least 4 members (excludes halogenated alkanes) is 16. The van der Waals surface area contributed by atoms with Crippen molar-refractivity contribution in [1.82, 2.24) is 4.90 Å². The molecule has 1 fully saturated rings. The zero-order valence-electron chi connectivity index (χ0n) is 38.6. The van der Waals surface area contributed by atoms with Crippen LogP contribution >= 0.6 is 0 Å². The van der Waals surface area contributed by atoms with Gasteiger partial charge in [-0.15, -0.1) is 0 Å². The molecule has 0 spiro atoms. The number of rotatable bonds is 44. The largest absolute Gasteiger partial charge is 0.466 e. The van der Waals surface area contributed by atoms with Crippen molar-refractivity contribution in [1.29, 1.82) is 0 Å². The van der Waals surface area contributed by atoms with Crippen molar-refractivity contribution in [3.63, 3.8) is 0 Å². The Labute approximate surface area is 354 Å². The second kappa shape index (κ2) is 41.5. The highest BCUT2D eigenvalue weighted by atomic mass is 16.7. The standard InChI is InChI=1S/C50H97NO6/c1-5-9-19-29-46(30-20-10-6-2)37-42-55-49(52)35-25-17-13-15-23-33-48(57-45-54-44-41-51-39-27-28-40-51)34-24-16-14-18-26-36-50(53)56-43-38-47(31-21-11-7-3)32-22-12-8-4/h46-48H,5-45H2,1-4H3. The summed E-state index contributed by atoms with van der Waals surface area (Å²) >= 11 is 0. The van der Waals surface area contributed by atoms with Crippen molar-refractivity contribution in [2.24, 2.45) is 11.8 Å². The first kappa shape index (κ1) is 53.8. The first-order valence-electron chi connectivity index (χ1n) is 25.2. The highest BCUT2D eigenvalue weighted by molar-refractivity contribution is 5.69. The van der Waals surface area contributed by atoms with Crippen molar-refractivity contribution in [2.45, 2.75) is 252 Å². The third-order valence-corrected chi connectivity index (χ3v) is 12.4. The van der Waals surface area contributed by atoms with E-state index < -0.39 is 0 Å². The summed E-state index contributed by atoms with van der Waals surface area (Å²) in [6, 6.07) is 0. The van der Waals surface area contributed by atoms with Crippen LogP contribution in [0.1, 0.15) is 246 Å². The fraction of sp³-hybridized carbons (Fsp3) is 0.960. The van der Waals surface area contributed by atoms with Gasteiger partial charge in [-0.25, -0.2) is 0 Å². The van der Waals surface area contributed by atoms with E-state index in [9.17, 15) is 9.59 Å². The lowest BCUT2D eigenvalue weighted by atomic mass is 9.92. The van der Waals surface area contributed by atoms with Gasteiger partial charge in [-0.3, -0.25) is 9.59 Å². The smallest absolute Gasteiger partial charge is 0.305 e. The molecule has 1 saturated heterocycles. The molecule has 1 aliphatic rings. The molecule has 0 atom stereocenters. The number of nitrogens with zero attached hydrogens (tertiary/aromatic N) is 1. The van der Waals surface area contributed by atoms with Crippen LogP contribution in [0.2, 0.25) is 0 Å². The number of esters is 2. The van der Waals surface area contributed by atoms with Crippen LogP contribution in [0.5, 0.6) is 0 Å². The van der Waals surface area contributed by atoms with E-state index in [1.165, 1.54) is 142 Å². The number of ether oxygens (including phenoxy) is 4. The Balaban J connectivity index is 2.24. The molecule has 0 aromatic rings. The molecule has 57 heavy (non-hydrogen) atoms. The molecule has 0 aromatic heterocycles. The Kier molecular flexibility index (Phi) is 39.2. The Bertz CT molecular complexity index is 788. The fourth-order valence-electron chi connectivity index (χ4n) is 8.48. The molecule has 0 unspecified atom stereocenters. The maximum atomic E-state index is 12.4. The Hall–Kier alpha value is -1.18. The molecule has 0 N–H and O–H groups in total. The number of likely N-dealkylation sites (tertiary alicyclic amines) is 1. The fourth-order valence-corrected chi connectivity index (χ4v) is 8.48. The first-order valence-corrected chi connectivity index (χ1v) is 25.2. The van der Waals surface area contributed by atoms with E-state index in [1.54, 1.807) is 0 Å². The van der Waals surface area contributed by atoms with Gasteiger partial charge in [0.2, 0.25) is 0 Å². The summed E-state index contributed by atoms with van der Waals surface area (Å²) in [6.07, 6.45) is 39.8. The van der Waals surface area contributed by atoms with Crippen LogP contribution in [0.15, 0.2) is 0 Å². The van der Waals surface area contributed by atoms with Crippen molar-refractivity contribution >= 4 is 11.9 Å². The summed E-state index contributed by atoms with van der Waals surface area (Å²) in [7, 11) is 0. The second-order valence-corrected chi connectivity index (χ2v) is 17.7. The van der Waals surface area contributed by atoms with Gasteiger partial charge in [-0.2, -0.15) is 0 Å². The summed E-state index contributed by atoms with van der Waals surface area (Å²) in [5.74, 6) is 1.40. The molecule has 338 valence electrons. The van der Waals surface area contributed by atoms with Crippen LogP contribution < -0.4 is 0 Å². The molecule has 0 aliphatic carbocycles. The molecule has 1 rings (SSSR count). The van der Waals surface area contributed by atoms with Gasteiger partial charge in [-0.05, 0) is 76.3 Å². The van der Waals surface area contributed by atoms with E-state index in [0.717, 1.165) is 90.2 Å². The monoisotopic (exact) mass is 808 g/mol. The van der Waals surface area contributed by atoms with Crippen LogP contribution in [0.25, 0.3) is 0 Å². The van der Waals surface area contributed by atoms with Gasteiger partial charge in [-0.1, -0.05) is 182 Å². The van der Waals surface area contributed by atoms with Crippen LogP contribution in [0, 0.1) is 11.8 Å². The number of carbonyl (C=O) groups is 2. The number of hydrogen-bond acceptors (Lipinski definition) is 7. The zero-order chi connectivity index (χ0) is 41.3. The third kappa shape index (κ3) is 35.3. The predicted octanol–water partition coefficient (Wildman–Crippen LogP) is 14.3. The summed E-state index contributed by atoms with van der Waals surface area (Å²) in [6.45, 7) is 14.8. The molecule has 1 heterocycles. The van der Waals surface area contributed by atoms with E-state index in [4.69, 9.17) is 18.9 Å². The minimum absolute atomic E-state index is 0.0105. The molecule has 7 nitrogen and oxygen atoms in total. The van der Waals surface area contributed by atoms with Crippen LogP contribution in [0.3, 0.4) is 0 Å². The van der Waals surface area contributed by atoms with Gasteiger partial charge in [0.25, 0.3) is 0 Å². The summed E-state index contributed by atoms with van der Waals surface area (Å²) < 4.78 is 23.5. The van der Waals surface area contributed by atoms with Crippen LogP contribution in [-0.2, 0) is 28.5 Å². The van der Waals surface area contributed by atoms with Crippen molar-refractivity contribution in [2.75, 3.05) is 46.2 Å². The molecule has 1 aliphatic heterocycles. The zero-order valence-corrected chi connectivity index (χ0v) is 38.6. The Morgan fingerprint density at radius 1 is 0.456 bits per heavy atom. The van der Waals surface area contributed by atoms with E-state index in [1.807, 2.05) is 0 Å². The highest BCUT2D eigenvalue weighted by Gasteiger charge is 2.14. The quantitative estimate of drug-likeness (QED) is 0.0345. The molecular formula is C50H97NO6. The molecule has 0 saturated carbocycles. The maximum absolute atomic E-state index is 12.4. The van der Waals surface area contributed by atoms with Gasteiger partial charge >= 0.3 is 11.9 Å². The molecule has 0 amide bonds. The lowest BCUT2D eigenvalue weighted by molar-refractivity contribution is -0.145. The van der Waals surface area contributed by atoms with Crippen molar-refractivity contribution < 1.29 is 28.5 Å². The maximum Gasteiger partial charge on any atom is 0.305 e. The van der Waals surface area contributed by atoms with Crippen LogP contribution in [-0.4, -0.2) is 69.2 Å². The van der Waals surface area contributed by atoms with Crippen molar-refractivity contribution in [3.05, 3.63) is 0 Å². The first-order chi connectivity index (χ1) is 28.0.